The summed E-state index contributed by atoms with van der Waals surface area (Å²) in [7, 11) is 2.14. The van der Waals surface area contributed by atoms with Crippen LogP contribution in [0.4, 0.5) is 0 Å². The Kier molecular flexibility index (Phi) is 4.90. The van der Waals surface area contributed by atoms with Gasteiger partial charge in [0.05, 0.1) is 13.1 Å². The molecular weight excluding hydrogens is 288 g/mol. The minimum absolute atomic E-state index is 0.142. The molecule has 3 rings (SSSR count). The second-order valence-electron chi connectivity index (χ2n) is 7.09. The number of amides is 1. The molecule has 1 aromatic carbocycles. The van der Waals surface area contributed by atoms with Crippen LogP contribution in [0.2, 0.25) is 0 Å². The number of rotatable bonds is 4. The molecule has 0 saturated carbocycles. The fraction of sp³-hybridized carbons (Fsp3) is 0.632. The van der Waals surface area contributed by atoms with Crippen molar-refractivity contribution in [2.45, 2.75) is 51.7 Å². The molecule has 2 aliphatic heterocycles. The molecule has 1 amide bonds. The topological polar surface area (TPSA) is 32.8 Å². The largest absolute Gasteiger partial charge is 0.486 e. The van der Waals surface area contributed by atoms with Crippen molar-refractivity contribution in [3.05, 3.63) is 29.3 Å². The van der Waals surface area contributed by atoms with Crippen LogP contribution >= 0.6 is 0 Å². The number of piperidine rings is 1. The molecule has 0 bridgehead atoms. The highest BCUT2D eigenvalue weighted by molar-refractivity contribution is 5.77. The van der Waals surface area contributed by atoms with Crippen molar-refractivity contribution in [2.75, 3.05) is 26.7 Å². The summed E-state index contributed by atoms with van der Waals surface area (Å²) in [4.78, 5) is 16.7. The first-order chi connectivity index (χ1) is 11.0. The van der Waals surface area contributed by atoms with E-state index < -0.39 is 0 Å². The van der Waals surface area contributed by atoms with Crippen LogP contribution in [-0.2, 0) is 4.79 Å². The Labute approximate surface area is 139 Å². The number of nitrogens with zero attached hydrogens (tertiary/aromatic N) is 2. The molecule has 0 spiro atoms. The van der Waals surface area contributed by atoms with Gasteiger partial charge in [-0.05, 0) is 51.4 Å². The maximum Gasteiger partial charge on any atom is 0.224 e. The summed E-state index contributed by atoms with van der Waals surface area (Å²) in [5.74, 6) is 1.27. The first kappa shape index (κ1) is 16.3. The van der Waals surface area contributed by atoms with Gasteiger partial charge >= 0.3 is 0 Å². The normalized spacial score (nSPS) is 22.7. The number of aryl methyl sites for hydroxylation is 2. The number of hydrogen-bond donors (Lipinski definition) is 0. The van der Waals surface area contributed by atoms with Gasteiger partial charge in [-0.25, -0.2) is 0 Å². The fourth-order valence-electron chi connectivity index (χ4n) is 3.60. The van der Waals surface area contributed by atoms with E-state index in [1.54, 1.807) is 0 Å². The molecule has 0 unspecified atom stereocenters. The number of hydrogen-bond acceptors (Lipinski definition) is 3. The van der Waals surface area contributed by atoms with Crippen molar-refractivity contribution in [3.8, 4) is 5.75 Å². The zero-order chi connectivity index (χ0) is 16.4. The molecule has 23 heavy (non-hydrogen) atoms. The molecular formula is C19H28N2O2. The van der Waals surface area contributed by atoms with Gasteiger partial charge in [-0.15, -0.1) is 0 Å². The molecule has 126 valence electrons. The lowest BCUT2D eigenvalue weighted by Gasteiger charge is -2.41. The van der Waals surface area contributed by atoms with Gasteiger partial charge in [0.25, 0.3) is 0 Å². The SMILES string of the molecule is Cc1cccc(C)c1OC1CN(C(=O)C[C@@H]2CCCCN2C)C1. The highest BCUT2D eigenvalue weighted by Gasteiger charge is 2.34. The van der Waals surface area contributed by atoms with Crippen LogP contribution in [0.15, 0.2) is 18.2 Å². The van der Waals surface area contributed by atoms with Crippen LogP contribution in [0.25, 0.3) is 0 Å². The molecule has 4 nitrogen and oxygen atoms in total. The third kappa shape index (κ3) is 3.69. The van der Waals surface area contributed by atoms with Gasteiger partial charge in [0, 0.05) is 12.5 Å². The van der Waals surface area contributed by atoms with E-state index in [4.69, 9.17) is 4.74 Å². The number of likely N-dealkylation sites (tertiary alicyclic amines) is 2. The summed E-state index contributed by atoms with van der Waals surface area (Å²) >= 11 is 0. The Balaban J connectivity index is 1.48. The number of benzene rings is 1. The Morgan fingerprint density at radius 3 is 2.57 bits per heavy atom. The molecule has 4 heteroatoms. The molecule has 0 radical (unpaired) electrons. The minimum atomic E-state index is 0.142. The van der Waals surface area contributed by atoms with Crippen molar-refractivity contribution >= 4 is 5.91 Å². The maximum atomic E-state index is 12.4. The quantitative estimate of drug-likeness (QED) is 0.856. The van der Waals surface area contributed by atoms with E-state index in [-0.39, 0.29) is 12.0 Å². The van der Waals surface area contributed by atoms with E-state index in [9.17, 15) is 4.79 Å². The molecule has 0 aliphatic carbocycles. The molecule has 0 aromatic heterocycles. The minimum Gasteiger partial charge on any atom is -0.486 e. The van der Waals surface area contributed by atoms with Crippen molar-refractivity contribution in [3.63, 3.8) is 0 Å². The zero-order valence-electron chi connectivity index (χ0n) is 14.5. The summed E-state index contributed by atoms with van der Waals surface area (Å²) in [6.07, 6.45) is 4.46. The predicted molar refractivity (Wildman–Crippen MR) is 91.8 cm³/mol. The smallest absolute Gasteiger partial charge is 0.224 e. The second-order valence-corrected chi connectivity index (χ2v) is 7.09. The summed E-state index contributed by atoms with van der Waals surface area (Å²) in [5, 5.41) is 0. The molecule has 2 heterocycles. The van der Waals surface area contributed by atoms with Crippen LogP contribution in [0.5, 0.6) is 5.75 Å². The average Bonchev–Trinajstić information content (AvgIpc) is 2.47. The van der Waals surface area contributed by atoms with E-state index in [0.29, 0.717) is 12.5 Å². The second kappa shape index (κ2) is 6.91. The van der Waals surface area contributed by atoms with Gasteiger partial charge < -0.3 is 14.5 Å². The first-order valence-corrected chi connectivity index (χ1v) is 8.75. The highest BCUT2D eigenvalue weighted by Crippen LogP contribution is 2.27. The molecule has 2 aliphatic rings. The van der Waals surface area contributed by atoms with E-state index in [2.05, 4.69) is 44.0 Å². The summed E-state index contributed by atoms with van der Waals surface area (Å²) in [6, 6.07) is 6.62. The zero-order valence-corrected chi connectivity index (χ0v) is 14.5. The highest BCUT2D eigenvalue weighted by atomic mass is 16.5. The summed E-state index contributed by atoms with van der Waals surface area (Å²) < 4.78 is 6.10. The van der Waals surface area contributed by atoms with Crippen LogP contribution in [0.1, 0.15) is 36.8 Å². The van der Waals surface area contributed by atoms with Crippen LogP contribution in [0.3, 0.4) is 0 Å². The molecule has 2 fully saturated rings. The van der Waals surface area contributed by atoms with Crippen molar-refractivity contribution in [1.82, 2.24) is 9.80 Å². The lowest BCUT2D eigenvalue weighted by Crippen LogP contribution is -2.57. The van der Waals surface area contributed by atoms with Gasteiger partial charge in [0.2, 0.25) is 5.91 Å². The standard InChI is InChI=1S/C19H28N2O2/c1-14-7-6-8-15(2)19(14)23-17-12-21(13-17)18(22)11-16-9-4-5-10-20(16)3/h6-8,16-17H,4-5,9-13H2,1-3H3/t16-/m0/s1. The molecule has 0 N–H and O–H groups in total. The predicted octanol–water partition coefficient (Wildman–Crippen LogP) is 2.77. The Morgan fingerprint density at radius 1 is 1.22 bits per heavy atom. The van der Waals surface area contributed by atoms with E-state index in [1.165, 1.54) is 24.0 Å². The molecule has 1 atom stereocenters. The third-order valence-electron chi connectivity index (χ3n) is 5.23. The van der Waals surface area contributed by atoms with Crippen LogP contribution in [0, 0.1) is 13.8 Å². The third-order valence-corrected chi connectivity index (χ3v) is 5.23. The van der Waals surface area contributed by atoms with Gasteiger partial charge in [0.15, 0.2) is 0 Å². The van der Waals surface area contributed by atoms with E-state index in [1.807, 2.05) is 4.90 Å². The Morgan fingerprint density at radius 2 is 1.91 bits per heavy atom. The number of ether oxygens (including phenoxy) is 1. The molecule has 1 aromatic rings. The average molecular weight is 316 g/mol. The van der Waals surface area contributed by atoms with Crippen molar-refractivity contribution < 1.29 is 9.53 Å². The van der Waals surface area contributed by atoms with Gasteiger partial charge in [-0.1, -0.05) is 24.6 Å². The van der Waals surface area contributed by atoms with E-state index >= 15 is 0 Å². The van der Waals surface area contributed by atoms with Crippen molar-refractivity contribution in [2.24, 2.45) is 0 Å². The molecule has 2 saturated heterocycles. The lowest BCUT2D eigenvalue weighted by molar-refractivity contribution is -0.141. The van der Waals surface area contributed by atoms with Crippen LogP contribution < -0.4 is 4.74 Å². The Hall–Kier alpha value is -1.55. The Bertz CT molecular complexity index is 546. The van der Waals surface area contributed by atoms with Crippen LogP contribution in [-0.4, -0.2) is 54.5 Å². The van der Waals surface area contributed by atoms with E-state index in [0.717, 1.165) is 31.8 Å². The summed E-state index contributed by atoms with van der Waals surface area (Å²) in [6.45, 7) is 6.72. The fourth-order valence-corrected chi connectivity index (χ4v) is 3.60. The monoisotopic (exact) mass is 316 g/mol. The number of carbonyl (C=O) groups excluding carboxylic acids is 1. The van der Waals surface area contributed by atoms with Gasteiger partial charge in [-0.3, -0.25) is 4.79 Å². The van der Waals surface area contributed by atoms with Crippen molar-refractivity contribution in [1.29, 1.82) is 0 Å². The van der Waals surface area contributed by atoms with Gasteiger partial charge in [-0.2, -0.15) is 0 Å². The maximum absolute atomic E-state index is 12.4. The van der Waals surface area contributed by atoms with Gasteiger partial charge in [0.1, 0.15) is 11.9 Å². The summed E-state index contributed by atoms with van der Waals surface area (Å²) in [5.41, 5.74) is 2.33. The lowest BCUT2D eigenvalue weighted by atomic mass is 9.98. The number of para-hydroxylation sites is 1. The number of carbonyl (C=O) groups is 1. The first-order valence-electron chi connectivity index (χ1n) is 8.75.